The van der Waals surface area contributed by atoms with Gasteiger partial charge in [-0.25, -0.2) is 0 Å². The van der Waals surface area contributed by atoms with E-state index in [1.54, 1.807) is 0 Å². The highest BCUT2D eigenvalue weighted by atomic mass is 28.4. The third kappa shape index (κ3) is 8.36. The van der Waals surface area contributed by atoms with E-state index < -0.39 is 51.0 Å². The maximum atomic E-state index is 12.9. The summed E-state index contributed by atoms with van der Waals surface area (Å²) in [6.07, 6.45) is -1.93. The van der Waals surface area contributed by atoms with Crippen molar-refractivity contribution in [3.8, 4) is 0 Å². The second kappa shape index (κ2) is 14.7. The van der Waals surface area contributed by atoms with Gasteiger partial charge in [0.15, 0.2) is 26.7 Å². The zero-order chi connectivity index (χ0) is 33.2. The van der Waals surface area contributed by atoms with E-state index in [2.05, 4.69) is 71.6 Å². The standard InChI is InChI=1S/C32H59N3O8Si/c1-14-19(4)15-25(36)41-27-22(7)29(40-24-17-38-32(10,11)42-28(24)27)37-16-23-20(5)21(6)26(34-35-33)30(39-23)43-44(12,13)31(8,9)18(2)3/h18-24,26-30H,14-17H2,1-13H3/t19-,20+,21+,22?,23?,24?,26?,27-,28-,29-,30+/m1/s1. The highest BCUT2D eigenvalue weighted by Crippen LogP contribution is 2.47. The van der Waals surface area contributed by atoms with Crippen LogP contribution in [-0.4, -0.2) is 76.3 Å². The molecule has 0 N–H and O–H groups in total. The van der Waals surface area contributed by atoms with Gasteiger partial charge in [0.05, 0.1) is 25.4 Å². The maximum absolute atomic E-state index is 12.9. The lowest BCUT2D eigenvalue weighted by molar-refractivity contribution is -0.378. The fourth-order valence-corrected chi connectivity index (χ4v) is 8.53. The third-order valence-corrected chi connectivity index (χ3v) is 15.5. The Balaban J connectivity index is 1.78. The first-order valence-corrected chi connectivity index (χ1v) is 19.4. The minimum Gasteiger partial charge on any atom is -0.459 e. The van der Waals surface area contributed by atoms with E-state index in [1.165, 1.54) is 0 Å². The van der Waals surface area contributed by atoms with Crippen molar-refractivity contribution < 1.29 is 37.6 Å². The van der Waals surface area contributed by atoms with Crippen molar-refractivity contribution in [1.29, 1.82) is 0 Å². The molecule has 44 heavy (non-hydrogen) atoms. The van der Waals surface area contributed by atoms with Crippen molar-refractivity contribution in [2.24, 2.45) is 34.7 Å². The van der Waals surface area contributed by atoms with E-state index in [4.69, 9.17) is 32.8 Å². The van der Waals surface area contributed by atoms with Crippen molar-refractivity contribution in [2.75, 3.05) is 13.2 Å². The molecule has 0 aliphatic carbocycles. The van der Waals surface area contributed by atoms with E-state index in [0.29, 0.717) is 18.9 Å². The molecule has 11 atom stereocenters. The average Bonchev–Trinajstić information content (AvgIpc) is 2.93. The molecule has 0 aromatic heterocycles. The van der Waals surface area contributed by atoms with Gasteiger partial charge < -0.3 is 32.8 Å². The SMILES string of the molecule is CC[C@@H](C)CC(=O)O[C@@H]1C(C)[C@H](OCC2O[C@@H](O[Si](C)(C)C(C)(C)C(C)C)C(N=[N+]=[N-])[C@@H](C)[C@@H]2C)OC2COC(C)(C)O[C@H]21. The Bertz CT molecular complexity index is 1020. The molecule has 3 saturated heterocycles. The Hall–Kier alpha value is -1.24. The Labute approximate surface area is 266 Å². The van der Waals surface area contributed by atoms with Crippen molar-refractivity contribution in [1.82, 2.24) is 0 Å². The van der Waals surface area contributed by atoms with Crippen LogP contribution >= 0.6 is 0 Å². The summed E-state index contributed by atoms with van der Waals surface area (Å²) in [5.74, 6) is -0.727. The lowest BCUT2D eigenvalue weighted by Gasteiger charge is -2.51. The lowest BCUT2D eigenvalue weighted by Crippen LogP contribution is -2.63. The summed E-state index contributed by atoms with van der Waals surface area (Å²) in [4.78, 5) is 16.1. The number of carbonyl (C=O) groups is 1. The van der Waals surface area contributed by atoms with Crippen LogP contribution in [0.4, 0.5) is 0 Å². The van der Waals surface area contributed by atoms with Gasteiger partial charge in [-0.15, -0.1) is 0 Å². The first kappa shape index (κ1) is 37.2. The van der Waals surface area contributed by atoms with E-state index in [9.17, 15) is 10.3 Å². The molecule has 0 aromatic carbocycles. The molecule has 0 aromatic rings. The molecule has 3 heterocycles. The van der Waals surface area contributed by atoms with E-state index in [0.717, 1.165) is 6.42 Å². The zero-order valence-corrected chi connectivity index (χ0v) is 30.4. The Kier molecular flexibility index (Phi) is 12.4. The Morgan fingerprint density at radius 2 is 1.75 bits per heavy atom. The summed E-state index contributed by atoms with van der Waals surface area (Å²) in [7, 11) is -2.32. The number of nitrogens with zero attached hydrogens (tertiary/aromatic N) is 3. The number of fused-ring (bicyclic) bond motifs is 1. The molecule has 12 heteroatoms. The van der Waals surface area contributed by atoms with Gasteiger partial charge in [0.25, 0.3) is 0 Å². The summed E-state index contributed by atoms with van der Waals surface area (Å²) >= 11 is 0. The molecule has 11 nitrogen and oxygen atoms in total. The number of hydrogen-bond donors (Lipinski definition) is 0. The van der Waals surface area contributed by atoms with Gasteiger partial charge in [-0.05, 0) is 61.2 Å². The molecule has 3 rings (SSSR count). The molecular weight excluding hydrogens is 582 g/mol. The van der Waals surface area contributed by atoms with Gasteiger partial charge in [0.2, 0.25) is 0 Å². The van der Waals surface area contributed by atoms with Crippen LogP contribution in [0.2, 0.25) is 18.1 Å². The van der Waals surface area contributed by atoms with Gasteiger partial charge in [-0.1, -0.05) is 73.8 Å². The van der Waals surface area contributed by atoms with Crippen LogP contribution in [0, 0.1) is 29.6 Å². The van der Waals surface area contributed by atoms with Crippen molar-refractivity contribution in [3.05, 3.63) is 10.4 Å². The van der Waals surface area contributed by atoms with E-state index >= 15 is 0 Å². The number of esters is 1. The van der Waals surface area contributed by atoms with Gasteiger partial charge in [-0.3, -0.25) is 4.79 Å². The van der Waals surface area contributed by atoms with Gasteiger partial charge >= 0.3 is 5.97 Å². The zero-order valence-electron chi connectivity index (χ0n) is 29.4. The van der Waals surface area contributed by atoms with E-state index in [-0.39, 0.29) is 47.4 Å². The van der Waals surface area contributed by atoms with Crippen molar-refractivity contribution in [3.63, 3.8) is 0 Å². The molecule has 3 fully saturated rings. The van der Waals surface area contributed by atoms with Gasteiger partial charge in [-0.2, -0.15) is 0 Å². The summed E-state index contributed by atoms with van der Waals surface area (Å²) in [5, 5.41) is 4.09. The van der Waals surface area contributed by atoms with Gasteiger partial charge in [0.1, 0.15) is 18.3 Å². The molecule has 0 radical (unpaired) electrons. The number of ether oxygens (including phenoxy) is 6. The molecule has 3 aliphatic rings. The minimum atomic E-state index is -2.32. The van der Waals surface area contributed by atoms with Gasteiger partial charge in [0, 0.05) is 17.3 Å². The second-order valence-electron chi connectivity index (χ2n) is 15.2. The molecule has 0 saturated carbocycles. The van der Waals surface area contributed by atoms with Crippen LogP contribution in [0.1, 0.15) is 89.0 Å². The quantitative estimate of drug-likeness (QED) is 0.0719. The van der Waals surface area contributed by atoms with E-state index in [1.807, 2.05) is 27.7 Å². The van der Waals surface area contributed by atoms with Crippen LogP contribution < -0.4 is 0 Å². The average molecular weight is 642 g/mol. The maximum Gasteiger partial charge on any atom is 0.306 e. The van der Waals surface area contributed by atoms with Crippen LogP contribution in [0.5, 0.6) is 0 Å². The molecule has 0 amide bonds. The summed E-state index contributed by atoms with van der Waals surface area (Å²) in [5.41, 5.74) is 9.39. The van der Waals surface area contributed by atoms with Crippen molar-refractivity contribution >= 4 is 14.3 Å². The largest absolute Gasteiger partial charge is 0.459 e. The number of rotatable bonds is 12. The number of azide groups is 1. The summed E-state index contributed by atoms with van der Waals surface area (Å²) in [6, 6.07) is -0.458. The highest BCUT2D eigenvalue weighted by molar-refractivity contribution is 6.74. The fraction of sp³-hybridized carbons (Fsp3) is 0.969. The third-order valence-electron chi connectivity index (χ3n) is 11.0. The topological polar surface area (TPSA) is 130 Å². The van der Waals surface area contributed by atoms with Crippen molar-refractivity contribution in [2.45, 2.75) is 156 Å². The smallest absolute Gasteiger partial charge is 0.306 e. The molecule has 3 aliphatic heterocycles. The van der Waals surface area contributed by atoms with Crippen LogP contribution in [-0.2, 0) is 37.6 Å². The summed E-state index contributed by atoms with van der Waals surface area (Å²) < 4.78 is 44.5. The number of hydrogen-bond acceptors (Lipinski definition) is 9. The fourth-order valence-electron chi connectivity index (χ4n) is 6.06. The normalized spacial score (nSPS) is 36.7. The molecule has 4 unspecified atom stereocenters. The minimum absolute atomic E-state index is 0.00377. The Morgan fingerprint density at radius 1 is 1.09 bits per heavy atom. The summed E-state index contributed by atoms with van der Waals surface area (Å²) in [6.45, 7) is 27.8. The van der Waals surface area contributed by atoms with Crippen LogP contribution in [0.3, 0.4) is 0 Å². The monoisotopic (exact) mass is 641 g/mol. The first-order chi connectivity index (χ1) is 20.3. The Morgan fingerprint density at radius 3 is 2.34 bits per heavy atom. The predicted molar refractivity (Wildman–Crippen MR) is 170 cm³/mol. The van der Waals surface area contributed by atoms with Crippen LogP contribution in [0.25, 0.3) is 10.4 Å². The predicted octanol–water partition coefficient (Wildman–Crippen LogP) is 7.20. The van der Waals surface area contributed by atoms with Crippen LogP contribution in [0.15, 0.2) is 5.11 Å². The molecular formula is C32H59N3O8Si. The number of carbonyl (C=O) groups excluding carboxylic acids is 1. The molecule has 254 valence electrons. The molecule has 0 bridgehead atoms. The second-order valence-corrected chi connectivity index (χ2v) is 19.7. The highest BCUT2D eigenvalue weighted by Gasteiger charge is 2.53. The first-order valence-electron chi connectivity index (χ1n) is 16.5. The lowest BCUT2D eigenvalue weighted by atomic mass is 9.82. The molecule has 0 spiro atoms.